The highest BCUT2D eigenvalue weighted by molar-refractivity contribution is 6.32. The Hall–Kier alpha value is -0.770. The molecule has 18 heavy (non-hydrogen) atoms. The van der Waals surface area contributed by atoms with Crippen LogP contribution in [0, 0.1) is 0 Å². The number of nitrogens with zero attached hydrogens (tertiary/aromatic N) is 1. The molecule has 1 aromatic rings. The first-order chi connectivity index (χ1) is 8.52. The molecule has 1 aliphatic rings. The Bertz CT molecular complexity index is 424. The molecular formula is C14H21ClN2O. The lowest BCUT2D eigenvalue weighted by atomic mass is 9.84. The first-order valence-electron chi connectivity index (χ1n) is 6.32. The van der Waals surface area contributed by atoms with Gasteiger partial charge in [0.25, 0.3) is 0 Å². The summed E-state index contributed by atoms with van der Waals surface area (Å²) in [5.41, 5.74) is 7.53. The summed E-state index contributed by atoms with van der Waals surface area (Å²) < 4.78 is 5.16. The number of rotatable bonds is 3. The van der Waals surface area contributed by atoms with E-state index in [1.165, 1.54) is 5.56 Å². The van der Waals surface area contributed by atoms with Gasteiger partial charge in [0.05, 0.1) is 12.1 Å². The van der Waals surface area contributed by atoms with Crippen LogP contribution in [0.5, 0.6) is 5.75 Å². The Labute approximate surface area is 114 Å². The van der Waals surface area contributed by atoms with E-state index in [1.54, 1.807) is 7.11 Å². The molecule has 0 spiro atoms. The molecule has 100 valence electrons. The fourth-order valence-electron chi connectivity index (χ4n) is 2.77. The van der Waals surface area contributed by atoms with Crippen molar-refractivity contribution in [3.63, 3.8) is 0 Å². The van der Waals surface area contributed by atoms with Crippen LogP contribution >= 0.6 is 11.6 Å². The molecular weight excluding hydrogens is 248 g/mol. The average Bonchev–Trinajstić information content (AvgIpc) is 2.28. The van der Waals surface area contributed by atoms with E-state index in [9.17, 15) is 0 Å². The molecule has 2 N–H and O–H groups in total. The van der Waals surface area contributed by atoms with E-state index in [0.29, 0.717) is 10.8 Å². The van der Waals surface area contributed by atoms with Crippen LogP contribution < -0.4 is 10.5 Å². The van der Waals surface area contributed by atoms with E-state index in [4.69, 9.17) is 22.1 Å². The van der Waals surface area contributed by atoms with Gasteiger partial charge >= 0.3 is 0 Å². The molecule has 3 nitrogen and oxygen atoms in total. The summed E-state index contributed by atoms with van der Waals surface area (Å²) in [6, 6.07) is 5.92. The van der Waals surface area contributed by atoms with Crippen molar-refractivity contribution < 1.29 is 4.74 Å². The number of hydrogen-bond donors (Lipinski definition) is 1. The van der Waals surface area contributed by atoms with E-state index in [-0.39, 0.29) is 5.54 Å². The SMILES string of the molecule is COc1ccc(CC2(N)CCCN(C)C2)cc1Cl. The van der Waals surface area contributed by atoms with Gasteiger partial charge in [0, 0.05) is 12.1 Å². The fraction of sp³-hybridized carbons (Fsp3) is 0.571. The maximum absolute atomic E-state index is 6.49. The molecule has 1 aliphatic heterocycles. The molecule has 0 aromatic heterocycles. The normalized spacial score (nSPS) is 25.1. The van der Waals surface area contributed by atoms with Gasteiger partial charge in [-0.05, 0) is 50.6 Å². The van der Waals surface area contributed by atoms with Crippen molar-refractivity contribution >= 4 is 11.6 Å². The Kier molecular flexibility index (Phi) is 4.15. The van der Waals surface area contributed by atoms with Crippen molar-refractivity contribution in [3.05, 3.63) is 28.8 Å². The molecule has 0 amide bonds. The number of likely N-dealkylation sites (tertiary alicyclic amines) is 1. The van der Waals surface area contributed by atoms with Crippen molar-refractivity contribution in [2.75, 3.05) is 27.2 Å². The van der Waals surface area contributed by atoms with Crippen molar-refractivity contribution in [2.45, 2.75) is 24.8 Å². The third kappa shape index (κ3) is 3.16. The van der Waals surface area contributed by atoms with Crippen LogP contribution in [-0.2, 0) is 6.42 Å². The number of piperidine rings is 1. The van der Waals surface area contributed by atoms with Crippen LogP contribution in [0.15, 0.2) is 18.2 Å². The predicted molar refractivity (Wildman–Crippen MR) is 75.4 cm³/mol. The highest BCUT2D eigenvalue weighted by Crippen LogP contribution is 2.28. The third-order valence-electron chi connectivity index (χ3n) is 3.57. The molecule has 1 unspecified atom stereocenters. The number of likely N-dealkylation sites (N-methyl/N-ethyl adjacent to an activating group) is 1. The van der Waals surface area contributed by atoms with Gasteiger partial charge in [-0.1, -0.05) is 17.7 Å². The first-order valence-corrected chi connectivity index (χ1v) is 6.70. The van der Waals surface area contributed by atoms with Crippen LogP contribution in [-0.4, -0.2) is 37.7 Å². The largest absolute Gasteiger partial charge is 0.495 e. The number of hydrogen-bond acceptors (Lipinski definition) is 3. The zero-order valence-electron chi connectivity index (χ0n) is 11.1. The topological polar surface area (TPSA) is 38.5 Å². The minimum Gasteiger partial charge on any atom is -0.495 e. The molecule has 4 heteroatoms. The minimum atomic E-state index is -0.134. The van der Waals surface area contributed by atoms with Crippen LogP contribution in [0.25, 0.3) is 0 Å². The van der Waals surface area contributed by atoms with Crippen molar-refractivity contribution in [2.24, 2.45) is 5.73 Å². The van der Waals surface area contributed by atoms with Gasteiger partial charge in [0.15, 0.2) is 0 Å². The van der Waals surface area contributed by atoms with Gasteiger partial charge in [-0.15, -0.1) is 0 Å². The van der Waals surface area contributed by atoms with Gasteiger partial charge in [-0.3, -0.25) is 0 Å². The van der Waals surface area contributed by atoms with Crippen molar-refractivity contribution in [1.29, 1.82) is 0 Å². The second kappa shape index (κ2) is 5.47. The molecule has 1 aromatic carbocycles. The number of halogens is 1. The zero-order valence-corrected chi connectivity index (χ0v) is 11.8. The minimum absolute atomic E-state index is 0.134. The van der Waals surface area contributed by atoms with Crippen molar-refractivity contribution in [1.82, 2.24) is 4.90 Å². The van der Waals surface area contributed by atoms with Crippen LogP contribution in [0.4, 0.5) is 0 Å². The molecule has 0 aliphatic carbocycles. The van der Waals surface area contributed by atoms with E-state index in [2.05, 4.69) is 11.9 Å². The van der Waals surface area contributed by atoms with Crippen LogP contribution in [0.1, 0.15) is 18.4 Å². The lowest BCUT2D eigenvalue weighted by molar-refractivity contribution is 0.178. The number of methoxy groups -OCH3 is 1. The Morgan fingerprint density at radius 3 is 2.89 bits per heavy atom. The Morgan fingerprint density at radius 1 is 1.50 bits per heavy atom. The summed E-state index contributed by atoms with van der Waals surface area (Å²) in [5.74, 6) is 0.715. The van der Waals surface area contributed by atoms with Gasteiger partial charge in [0.1, 0.15) is 5.75 Å². The predicted octanol–water partition coefficient (Wildman–Crippen LogP) is 2.31. The summed E-state index contributed by atoms with van der Waals surface area (Å²) in [6.07, 6.45) is 3.10. The van der Waals surface area contributed by atoms with E-state index < -0.39 is 0 Å². The molecule has 2 rings (SSSR count). The molecule has 1 atom stereocenters. The molecule has 0 bridgehead atoms. The maximum atomic E-state index is 6.49. The lowest BCUT2D eigenvalue weighted by Gasteiger charge is -2.38. The monoisotopic (exact) mass is 268 g/mol. The van der Waals surface area contributed by atoms with Gasteiger partial charge in [-0.25, -0.2) is 0 Å². The summed E-state index contributed by atoms with van der Waals surface area (Å²) in [6.45, 7) is 2.08. The lowest BCUT2D eigenvalue weighted by Crippen LogP contribution is -2.54. The van der Waals surface area contributed by atoms with Gasteiger partial charge < -0.3 is 15.4 Å². The molecule has 1 heterocycles. The third-order valence-corrected chi connectivity index (χ3v) is 3.87. The standard InChI is InChI=1S/C14H21ClN2O/c1-17-7-3-6-14(16,10-17)9-11-4-5-13(18-2)12(15)8-11/h4-5,8H,3,6-7,9-10,16H2,1-2H3. The smallest absolute Gasteiger partial charge is 0.137 e. The van der Waals surface area contributed by atoms with Crippen LogP contribution in [0.2, 0.25) is 5.02 Å². The summed E-state index contributed by atoms with van der Waals surface area (Å²) in [7, 11) is 3.75. The van der Waals surface area contributed by atoms with Gasteiger partial charge in [0.2, 0.25) is 0 Å². The van der Waals surface area contributed by atoms with Crippen LogP contribution in [0.3, 0.4) is 0 Å². The number of nitrogens with two attached hydrogens (primary N) is 1. The summed E-state index contributed by atoms with van der Waals surface area (Å²) in [5, 5.41) is 0.655. The Balaban J connectivity index is 2.11. The molecule has 0 saturated carbocycles. The Morgan fingerprint density at radius 2 is 2.28 bits per heavy atom. The molecule has 1 fully saturated rings. The quantitative estimate of drug-likeness (QED) is 0.914. The maximum Gasteiger partial charge on any atom is 0.137 e. The number of benzene rings is 1. The summed E-state index contributed by atoms with van der Waals surface area (Å²) in [4.78, 5) is 2.30. The summed E-state index contributed by atoms with van der Waals surface area (Å²) >= 11 is 6.15. The second-order valence-corrected chi connectivity index (χ2v) is 5.76. The molecule has 0 radical (unpaired) electrons. The van der Waals surface area contributed by atoms with E-state index >= 15 is 0 Å². The first kappa shape index (κ1) is 13.7. The highest BCUT2D eigenvalue weighted by atomic mass is 35.5. The molecule has 1 saturated heterocycles. The highest BCUT2D eigenvalue weighted by Gasteiger charge is 2.30. The number of ether oxygens (including phenoxy) is 1. The fourth-order valence-corrected chi connectivity index (χ4v) is 3.05. The van der Waals surface area contributed by atoms with Crippen molar-refractivity contribution in [3.8, 4) is 5.75 Å². The van der Waals surface area contributed by atoms with E-state index in [0.717, 1.165) is 32.4 Å². The average molecular weight is 269 g/mol. The van der Waals surface area contributed by atoms with Gasteiger partial charge in [-0.2, -0.15) is 0 Å². The zero-order chi connectivity index (χ0) is 13.2. The second-order valence-electron chi connectivity index (χ2n) is 5.35. The van der Waals surface area contributed by atoms with E-state index in [1.807, 2.05) is 18.2 Å².